The van der Waals surface area contributed by atoms with Gasteiger partial charge in [0.1, 0.15) is 11.4 Å². The molecule has 0 heterocycles. The van der Waals surface area contributed by atoms with E-state index in [9.17, 15) is 38.0 Å². The van der Waals surface area contributed by atoms with Crippen LogP contribution in [0.15, 0.2) is 56.5 Å². The number of carboxylic acid groups (broad SMARTS) is 2. The van der Waals surface area contributed by atoms with E-state index >= 15 is 0 Å². The van der Waals surface area contributed by atoms with Crippen LogP contribution in [0.3, 0.4) is 0 Å². The summed E-state index contributed by atoms with van der Waals surface area (Å²) in [6.45, 7) is 0. The van der Waals surface area contributed by atoms with Gasteiger partial charge in [-0.25, -0.2) is 8.42 Å². The van der Waals surface area contributed by atoms with Crippen LogP contribution in [0.5, 0.6) is 0 Å². The molecule has 0 aliphatic carbocycles. The second-order valence-corrected chi connectivity index (χ2v) is 10.6. The SMILES string of the molecule is O=Nc1ccc(S(=O)(O)=S)cc1C(=O)[O-].O=Nc1ccc(S(=O)(O)=S)cc1C(=O)[O-].[Na+].[Na+]. The van der Waals surface area contributed by atoms with Gasteiger partial charge in [-0.2, -0.15) is 0 Å². The molecule has 12 nitrogen and oxygen atoms in total. The Labute approximate surface area is 234 Å². The molecule has 2 atom stereocenters. The van der Waals surface area contributed by atoms with E-state index in [0.717, 1.165) is 36.4 Å². The molecular formula is C14H8N2Na2O10S4. The minimum Gasteiger partial charge on any atom is -0.545 e. The maximum absolute atomic E-state index is 11.0. The Morgan fingerprint density at radius 1 is 0.750 bits per heavy atom. The summed E-state index contributed by atoms with van der Waals surface area (Å²) in [6, 6.07) is 5.74. The summed E-state index contributed by atoms with van der Waals surface area (Å²) in [5.41, 5.74) is -1.88. The summed E-state index contributed by atoms with van der Waals surface area (Å²) < 4.78 is 40.0. The molecule has 160 valence electrons. The van der Waals surface area contributed by atoms with Gasteiger partial charge in [0.2, 0.25) is 0 Å². The number of hydrogen-bond donors (Lipinski definition) is 2. The number of aromatic carboxylic acids is 2. The van der Waals surface area contributed by atoms with Gasteiger partial charge in [0.15, 0.2) is 17.5 Å². The molecule has 2 aromatic carbocycles. The van der Waals surface area contributed by atoms with E-state index in [0.29, 0.717) is 0 Å². The molecule has 0 aromatic heterocycles. The Bertz CT molecular complexity index is 1150. The number of carboxylic acids is 2. The van der Waals surface area contributed by atoms with Crippen molar-refractivity contribution in [3.63, 3.8) is 0 Å². The first-order chi connectivity index (χ1) is 13.7. The first-order valence-corrected chi connectivity index (χ1v) is 11.9. The molecule has 0 saturated heterocycles. The van der Waals surface area contributed by atoms with Gasteiger partial charge in [-0.3, -0.25) is 0 Å². The van der Waals surface area contributed by atoms with Crippen molar-refractivity contribution < 1.29 is 96.4 Å². The van der Waals surface area contributed by atoms with Gasteiger partial charge in [-0.15, -0.1) is 9.81 Å². The molecule has 0 fully saturated rings. The third kappa shape index (κ3) is 9.62. The van der Waals surface area contributed by atoms with Crippen LogP contribution in [0, 0.1) is 9.81 Å². The Morgan fingerprint density at radius 2 is 1.03 bits per heavy atom. The normalized spacial score (nSPS) is 13.3. The van der Waals surface area contributed by atoms with Crippen LogP contribution in [0.1, 0.15) is 20.7 Å². The zero-order chi connectivity index (χ0) is 23.3. The van der Waals surface area contributed by atoms with Crippen molar-refractivity contribution in [3.05, 3.63) is 57.3 Å². The van der Waals surface area contributed by atoms with E-state index in [1.165, 1.54) is 0 Å². The second-order valence-electron chi connectivity index (χ2n) is 5.07. The van der Waals surface area contributed by atoms with E-state index in [2.05, 4.69) is 32.7 Å². The standard InChI is InChI=1S/2C7H5NO5S2.2Na/c2*9-7(10)5-3-4(15(12,13)14)1-2-6(5)8-11;;/h2*1-3H,(H,9,10)(H,12,13,14);;/q;;2*+1/p-2. The van der Waals surface area contributed by atoms with Crippen molar-refractivity contribution in [2.24, 2.45) is 10.4 Å². The maximum Gasteiger partial charge on any atom is 1.00 e. The van der Waals surface area contributed by atoms with Crippen molar-refractivity contribution in [2.45, 2.75) is 9.79 Å². The van der Waals surface area contributed by atoms with Crippen LogP contribution in [0.25, 0.3) is 0 Å². The minimum absolute atomic E-state index is 0. The fourth-order valence-electron chi connectivity index (χ4n) is 1.84. The van der Waals surface area contributed by atoms with Crippen LogP contribution >= 0.6 is 0 Å². The molecule has 2 rings (SSSR count). The quantitative estimate of drug-likeness (QED) is 0.260. The largest absolute Gasteiger partial charge is 1.00 e. The molecule has 0 bridgehead atoms. The van der Waals surface area contributed by atoms with Crippen molar-refractivity contribution in [3.8, 4) is 0 Å². The summed E-state index contributed by atoms with van der Waals surface area (Å²) in [7, 11) is -7.37. The molecule has 0 spiro atoms. The van der Waals surface area contributed by atoms with Gasteiger partial charge in [-0.05, 0) is 46.8 Å². The summed E-state index contributed by atoms with van der Waals surface area (Å²) in [5.74, 6) is -3.32. The minimum atomic E-state index is -3.69. The Kier molecular flexibility index (Phi) is 14.4. The van der Waals surface area contributed by atoms with Gasteiger partial charge in [0.25, 0.3) is 0 Å². The van der Waals surface area contributed by atoms with Crippen molar-refractivity contribution in [1.29, 1.82) is 0 Å². The fraction of sp³-hybridized carbons (Fsp3) is 0. The molecule has 0 saturated carbocycles. The smallest absolute Gasteiger partial charge is 0.545 e. The van der Waals surface area contributed by atoms with Crippen molar-refractivity contribution in [1.82, 2.24) is 0 Å². The Morgan fingerprint density at radius 3 is 1.22 bits per heavy atom. The number of benzene rings is 2. The number of carbonyl (C=O) groups excluding carboxylic acids is 2. The third-order valence-electron chi connectivity index (χ3n) is 3.17. The predicted octanol–water partition coefficient (Wildman–Crippen LogP) is -5.94. The zero-order valence-corrected chi connectivity index (χ0v) is 23.4. The average Bonchev–Trinajstić information content (AvgIpc) is 2.65. The van der Waals surface area contributed by atoms with Crippen LogP contribution in [0.2, 0.25) is 0 Å². The van der Waals surface area contributed by atoms with Gasteiger partial charge in [-0.1, -0.05) is 0 Å². The molecule has 32 heavy (non-hydrogen) atoms. The van der Waals surface area contributed by atoms with E-state index in [-0.39, 0.29) is 80.3 Å². The molecule has 0 radical (unpaired) electrons. The molecule has 2 N–H and O–H groups in total. The monoisotopic (exact) mass is 538 g/mol. The second kappa shape index (κ2) is 13.8. The Balaban J connectivity index is 0. The molecule has 0 aliphatic rings. The fourth-order valence-corrected chi connectivity index (χ4v) is 3.47. The third-order valence-corrected chi connectivity index (χ3v) is 6.02. The van der Waals surface area contributed by atoms with Crippen molar-refractivity contribution >= 4 is 63.2 Å². The predicted molar refractivity (Wildman–Crippen MR) is 105 cm³/mol. The van der Waals surface area contributed by atoms with E-state index < -0.39 is 40.6 Å². The molecule has 18 heteroatoms. The molecule has 0 amide bonds. The van der Waals surface area contributed by atoms with Crippen LogP contribution in [-0.2, 0) is 39.9 Å². The topological polar surface area (TPSA) is 214 Å². The molecule has 2 aromatic rings. The number of hydrogen-bond acceptors (Lipinski definition) is 12. The first kappa shape index (κ1) is 33.4. The number of rotatable bonds is 6. The van der Waals surface area contributed by atoms with Crippen LogP contribution in [0.4, 0.5) is 11.4 Å². The van der Waals surface area contributed by atoms with Gasteiger partial charge in [0, 0.05) is 33.5 Å². The Hall–Kier alpha value is -0.760. The molecule has 0 aliphatic heterocycles. The maximum atomic E-state index is 11.0. The number of nitrogens with zero attached hydrogens (tertiary/aromatic N) is 2. The first-order valence-electron chi connectivity index (χ1n) is 7.04. The average molecular weight is 538 g/mol. The van der Waals surface area contributed by atoms with E-state index in [4.69, 9.17) is 9.11 Å². The summed E-state index contributed by atoms with van der Waals surface area (Å²) in [6.07, 6.45) is 0. The van der Waals surface area contributed by atoms with Gasteiger partial charge >= 0.3 is 59.1 Å². The summed E-state index contributed by atoms with van der Waals surface area (Å²) >= 11 is 8.48. The van der Waals surface area contributed by atoms with Crippen LogP contribution < -0.4 is 69.3 Å². The number of nitroso groups, excluding NO2 is 2. The summed E-state index contributed by atoms with van der Waals surface area (Å²) in [5, 5.41) is 26.0. The van der Waals surface area contributed by atoms with Gasteiger partial charge in [0.05, 0.1) is 21.7 Å². The summed E-state index contributed by atoms with van der Waals surface area (Å²) in [4.78, 5) is 40.9. The zero-order valence-electron chi connectivity index (χ0n) is 16.2. The molecular weight excluding hydrogens is 530 g/mol. The van der Waals surface area contributed by atoms with Crippen LogP contribution in [-0.4, -0.2) is 29.5 Å². The van der Waals surface area contributed by atoms with E-state index in [1.54, 1.807) is 0 Å². The molecule has 2 unspecified atom stereocenters. The van der Waals surface area contributed by atoms with E-state index in [1.807, 2.05) is 0 Å². The van der Waals surface area contributed by atoms with Gasteiger partial charge < -0.3 is 28.9 Å². The van der Waals surface area contributed by atoms with Crippen molar-refractivity contribution in [2.75, 3.05) is 0 Å². The number of carbonyl (C=O) groups is 2.